The monoisotopic (exact) mass is 243 g/mol. The molecule has 0 aromatic heterocycles. The smallest absolute Gasteiger partial charge is 0.0747 e. The minimum Gasteiger partial charge on any atom is -0.380 e. The Morgan fingerprint density at radius 3 is 2.18 bits per heavy atom. The lowest BCUT2D eigenvalue weighted by Gasteiger charge is -2.30. The number of unbranched alkanes of at least 4 members (excludes halogenated alkanes) is 3. The molecule has 0 fully saturated rings. The van der Waals surface area contributed by atoms with E-state index in [1.807, 2.05) is 7.11 Å². The van der Waals surface area contributed by atoms with Crippen molar-refractivity contribution < 1.29 is 4.74 Å². The van der Waals surface area contributed by atoms with Gasteiger partial charge in [-0.1, -0.05) is 53.4 Å². The SMILES string of the molecule is CCCCCCC(NCCC)C(OC)C(C)C. The van der Waals surface area contributed by atoms with Crippen molar-refractivity contribution in [3.63, 3.8) is 0 Å². The van der Waals surface area contributed by atoms with Crippen molar-refractivity contribution >= 4 is 0 Å². The van der Waals surface area contributed by atoms with Crippen molar-refractivity contribution in [1.29, 1.82) is 0 Å². The van der Waals surface area contributed by atoms with Crippen LogP contribution >= 0.6 is 0 Å². The third-order valence-corrected chi connectivity index (χ3v) is 3.35. The molecule has 2 nitrogen and oxygen atoms in total. The summed E-state index contributed by atoms with van der Waals surface area (Å²) in [6.07, 6.45) is 8.14. The highest BCUT2D eigenvalue weighted by atomic mass is 16.5. The molecule has 0 amide bonds. The first kappa shape index (κ1) is 16.9. The van der Waals surface area contributed by atoms with E-state index in [0.717, 1.165) is 6.54 Å². The molecule has 2 unspecified atom stereocenters. The molecule has 0 saturated heterocycles. The Labute approximate surface area is 109 Å². The number of nitrogens with one attached hydrogen (secondary N) is 1. The summed E-state index contributed by atoms with van der Waals surface area (Å²) in [4.78, 5) is 0. The highest BCUT2D eigenvalue weighted by Crippen LogP contribution is 2.16. The molecule has 0 radical (unpaired) electrons. The average molecular weight is 243 g/mol. The molecule has 1 N–H and O–H groups in total. The molecular formula is C15H33NO. The third kappa shape index (κ3) is 7.77. The van der Waals surface area contributed by atoms with Gasteiger partial charge in [0.15, 0.2) is 0 Å². The summed E-state index contributed by atoms with van der Waals surface area (Å²) in [6, 6.07) is 0.525. The van der Waals surface area contributed by atoms with Crippen LogP contribution in [-0.2, 0) is 4.74 Å². The van der Waals surface area contributed by atoms with Gasteiger partial charge in [0.05, 0.1) is 6.10 Å². The van der Waals surface area contributed by atoms with E-state index in [1.54, 1.807) is 0 Å². The zero-order chi connectivity index (χ0) is 13.1. The number of methoxy groups -OCH3 is 1. The van der Waals surface area contributed by atoms with Gasteiger partial charge in [0.25, 0.3) is 0 Å². The summed E-state index contributed by atoms with van der Waals surface area (Å²) in [5.74, 6) is 0.584. The van der Waals surface area contributed by atoms with Crippen LogP contribution in [0, 0.1) is 5.92 Å². The zero-order valence-electron chi connectivity index (χ0n) is 12.6. The number of hydrogen-bond donors (Lipinski definition) is 1. The average Bonchev–Trinajstić information content (AvgIpc) is 2.31. The second kappa shape index (κ2) is 11.0. The van der Waals surface area contributed by atoms with Crippen LogP contribution in [0.15, 0.2) is 0 Å². The van der Waals surface area contributed by atoms with Crippen LogP contribution in [0.3, 0.4) is 0 Å². The molecule has 2 heteroatoms. The van der Waals surface area contributed by atoms with Crippen molar-refractivity contribution in [3.8, 4) is 0 Å². The fourth-order valence-electron chi connectivity index (χ4n) is 2.40. The number of hydrogen-bond acceptors (Lipinski definition) is 2. The van der Waals surface area contributed by atoms with Crippen molar-refractivity contribution in [2.24, 2.45) is 5.92 Å². The van der Waals surface area contributed by atoms with E-state index >= 15 is 0 Å². The van der Waals surface area contributed by atoms with Crippen molar-refractivity contribution in [2.75, 3.05) is 13.7 Å². The molecule has 104 valence electrons. The first-order chi connectivity index (χ1) is 8.17. The van der Waals surface area contributed by atoms with E-state index in [4.69, 9.17) is 4.74 Å². The van der Waals surface area contributed by atoms with E-state index < -0.39 is 0 Å². The van der Waals surface area contributed by atoms with Crippen molar-refractivity contribution in [3.05, 3.63) is 0 Å². The molecule has 0 aromatic carbocycles. The Kier molecular flexibility index (Phi) is 11.0. The number of ether oxygens (including phenoxy) is 1. The summed E-state index contributed by atoms with van der Waals surface area (Å²) in [7, 11) is 1.84. The molecule has 0 saturated carbocycles. The summed E-state index contributed by atoms with van der Waals surface area (Å²) < 4.78 is 5.67. The van der Waals surface area contributed by atoms with Crippen LogP contribution in [-0.4, -0.2) is 25.8 Å². The zero-order valence-corrected chi connectivity index (χ0v) is 12.6. The summed E-state index contributed by atoms with van der Waals surface area (Å²) in [5.41, 5.74) is 0. The van der Waals surface area contributed by atoms with E-state index in [-0.39, 0.29) is 0 Å². The molecule has 0 bridgehead atoms. The van der Waals surface area contributed by atoms with Crippen LogP contribution in [0.4, 0.5) is 0 Å². The Hall–Kier alpha value is -0.0800. The van der Waals surface area contributed by atoms with Gasteiger partial charge in [0, 0.05) is 13.2 Å². The molecule has 0 heterocycles. The highest BCUT2D eigenvalue weighted by molar-refractivity contribution is 4.79. The van der Waals surface area contributed by atoms with E-state index in [0.29, 0.717) is 18.1 Å². The Morgan fingerprint density at radius 1 is 1.00 bits per heavy atom. The first-order valence-electron chi connectivity index (χ1n) is 7.43. The van der Waals surface area contributed by atoms with Crippen LogP contribution in [0.5, 0.6) is 0 Å². The molecule has 0 spiro atoms. The van der Waals surface area contributed by atoms with Gasteiger partial charge in [-0.3, -0.25) is 0 Å². The molecule has 0 aliphatic rings. The van der Waals surface area contributed by atoms with E-state index in [1.165, 1.54) is 38.5 Å². The molecule has 0 aromatic rings. The van der Waals surface area contributed by atoms with Gasteiger partial charge in [-0.25, -0.2) is 0 Å². The van der Waals surface area contributed by atoms with Crippen LogP contribution in [0.1, 0.15) is 66.2 Å². The maximum atomic E-state index is 5.67. The lowest BCUT2D eigenvalue weighted by atomic mass is 9.94. The second-order valence-corrected chi connectivity index (χ2v) is 5.35. The van der Waals surface area contributed by atoms with Crippen LogP contribution in [0.2, 0.25) is 0 Å². The van der Waals surface area contributed by atoms with Crippen LogP contribution in [0.25, 0.3) is 0 Å². The third-order valence-electron chi connectivity index (χ3n) is 3.35. The van der Waals surface area contributed by atoms with Gasteiger partial charge in [-0.15, -0.1) is 0 Å². The topological polar surface area (TPSA) is 21.3 Å². The largest absolute Gasteiger partial charge is 0.380 e. The summed E-state index contributed by atoms with van der Waals surface area (Å²) in [6.45, 7) is 10.1. The van der Waals surface area contributed by atoms with Gasteiger partial charge in [-0.05, 0) is 25.3 Å². The molecule has 0 aliphatic heterocycles. The predicted molar refractivity (Wildman–Crippen MR) is 76.5 cm³/mol. The minimum atomic E-state index is 0.350. The molecular weight excluding hydrogens is 210 g/mol. The number of rotatable bonds is 11. The minimum absolute atomic E-state index is 0.350. The maximum Gasteiger partial charge on any atom is 0.0747 e. The standard InChI is InChI=1S/C15H33NO/c1-6-8-9-10-11-14(16-12-7-2)15(17-5)13(3)4/h13-16H,6-12H2,1-5H3. The lowest BCUT2D eigenvalue weighted by Crippen LogP contribution is -2.44. The molecule has 0 rings (SSSR count). The molecule has 0 aliphatic carbocycles. The van der Waals surface area contributed by atoms with Gasteiger partial charge >= 0.3 is 0 Å². The lowest BCUT2D eigenvalue weighted by molar-refractivity contribution is 0.0300. The summed E-state index contributed by atoms with van der Waals surface area (Å²) >= 11 is 0. The fourth-order valence-corrected chi connectivity index (χ4v) is 2.40. The summed E-state index contributed by atoms with van der Waals surface area (Å²) in [5, 5.41) is 3.65. The fraction of sp³-hybridized carbons (Fsp3) is 1.00. The van der Waals surface area contributed by atoms with Gasteiger partial charge in [-0.2, -0.15) is 0 Å². The Balaban J connectivity index is 4.10. The quantitative estimate of drug-likeness (QED) is 0.554. The van der Waals surface area contributed by atoms with Crippen molar-refractivity contribution in [1.82, 2.24) is 5.32 Å². The van der Waals surface area contributed by atoms with Gasteiger partial charge < -0.3 is 10.1 Å². The predicted octanol–water partition coefficient (Wildman–Crippen LogP) is 4.00. The highest BCUT2D eigenvalue weighted by Gasteiger charge is 2.23. The van der Waals surface area contributed by atoms with Crippen LogP contribution < -0.4 is 5.32 Å². The Morgan fingerprint density at radius 2 is 1.71 bits per heavy atom. The van der Waals surface area contributed by atoms with Gasteiger partial charge in [0.2, 0.25) is 0 Å². The normalized spacial score (nSPS) is 15.2. The molecule has 17 heavy (non-hydrogen) atoms. The van der Waals surface area contributed by atoms with Crippen molar-refractivity contribution in [2.45, 2.75) is 78.4 Å². The molecule has 2 atom stereocenters. The van der Waals surface area contributed by atoms with E-state index in [9.17, 15) is 0 Å². The van der Waals surface area contributed by atoms with E-state index in [2.05, 4.69) is 33.0 Å². The maximum absolute atomic E-state index is 5.67. The second-order valence-electron chi connectivity index (χ2n) is 5.35. The first-order valence-corrected chi connectivity index (χ1v) is 7.43. The van der Waals surface area contributed by atoms with Gasteiger partial charge in [0.1, 0.15) is 0 Å². The Bertz CT molecular complexity index is 159.